The number of hydrogen-bond donors (Lipinski definition) is 0. The van der Waals surface area contributed by atoms with Crippen LogP contribution in [0.4, 0.5) is 0 Å². The van der Waals surface area contributed by atoms with Gasteiger partial charge in [0.15, 0.2) is 0 Å². The van der Waals surface area contributed by atoms with Gasteiger partial charge in [-0.25, -0.2) is 0 Å². The number of hydrogen-bond acceptors (Lipinski definition) is 3. The summed E-state index contributed by atoms with van der Waals surface area (Å²) in [7, 11) is 0. The van der Waals surface area contributed by atoms with Crippen molar-refractivity contribution in [3.05, 3.63) is 0 Å². The summed E-state index contributed by atoms with van der Waals surface area (Å²) in [5.41, 5.74) is 0. The second-order valence-corrected chi connectivity index (χ2v) is 5.05. The first kappa shape index (κ1) is 14.0. The van der Waals surface area contributed by atoms with Gasteiger partial charge in [-0.15, -0.1) is 0 Å². The van der Waals surface area contributed by atoms with Crippen LogP contribution in [-0.4, -0.2) is 47.4 Å². The van der Waals surface area contributed by atoms with Crippen LogP contribution in [-0.2, 0) is 4.79 Å². The van der Waals surface area contributed by atoms with Crippen molar-refractivity contribution < 1.29 is 4.79 Å². The summed E-state index contributed by atoms with van der Waals surface area (Å²) >= 11 is 0. The van der Waals surface area contributed by atoms with Gasteiger partial charge in [0.1, 0.15) is 0 Å². The van der Waals surface area contributed by atoms with Crippen LogP contribution in [0.2, 0.25) is 0 Å². The Labute approximate surface area is 104 Å². The molecule has 4 nitrogen and oxygen atoms in total. The number of likely N-dealkylation sites (N-methyl/N-ethyl adjacent to an activating group) is 1. The van der Waals surface area contributed by atoms with Crippen molar-refractivity contribution in [2.24, 2.45) is 5.92 Å². The summed E-state index contributed by atoms with van der Waals surface area (Å²) < 4.78 is 0. The Bertz CT molecular complexity index is 308. The molecule has 1 saturated heterocycles. The van der Waals surface area contributed by atoms with E-state index < -0.39 is 0 Å². The average Bonchev–Trinajstić information content (AvgIpc) is 2.67. The second kappa shape index (κ2) is 6.02. The van der Waals surface area contributed by atoms with Gasteiger partial charge < -0.3 is 4.90 Å². The van der Waals surface area contributed by atoms with Gasteiger partial charge in [0.05, 0.1) is 18.0 Å². The summed E-state index contributed by atoms with van der Waals surface area (Å²) in [5.74, 6) is 0.211. The van der Waals surface area contributed by atoms with E-state index in [2.05, 4.69) is 31.7 Å². The van der Waals surface area contributed by atoms with E-state index in [0.29, 0.717) is 6.54 Å². The topological polar surface area (TPSA) is 47.3 Å². The van der Waals surface area contributed by atoms with E-state index in [1.165, 1.54) is 0 Å². The van der Waals surface area contributed by atoms with Gasteiger partial charge in [-0.05, 0) is 33.7 Å². The van der Waals surface area contributed by atoms with Crippen molar-refractivity contribution in [3.63, 3.8) is 0 Å². The summed E-state index contributed by atoms with van der Waals surface area (Å²) in [6, 6.07) is 2.50. The van der Waals surface area contributed by atoms with Crippen molar-refractivity contribution >= 4 is 5.91 Å². The monoisotopic (exact) mass is 237 g/mol. The molecule has 2 unspecified atom stereocenters. The molecule has 0 spiro atoms. The first-order valence-corrected chi connectivity index (χ1v) is 6.45. The fraction of sp³-hybridized carbons (Fsp3) is 0.846. The number of amides is 1. The fourth-order valence-electron chi connectivity index (χ4n) is 2.41. The van der Waals surface area contributed by atoms with Crippen molar-refractivity contribution in [1.29, 1.82) is 5.26 Å². The molecular formula is C13H23N3O. The first-order chi connectivity index (χ1) is 8.01. The van der Waals surface area contributed by atoms with E-state index >= 15 is 0 Å². The highest BCUT2D eigenvalue weighted by atomic mass is 16.2. The molecule has 1 aliphatic rings. The lowest BCUT2D eigenvalue weighted by atomic mass is 10.1. The van der Waals surface area contributed by atoms with Gasteiger partial charge in [0.25, 0.3) is 0 Å². The Morgan fingerprint density at radius 1 is 1.53 bits per heavy atom. The van der Waals surface area contributed by atoms with Crippen LogP contribution in [0.15, 0.2) is 0 Å². The van der Waals surface area contributed by atoms with Gasteiger partial charge in [-0.2, -0.15) is 5.26 Å². The van der Waals surface area contributed by atoms with Crippen molar-refractivity contribution in [1.82, 2.24) is 9.80 Å². The Balaban J connectivity index is 2.66. The Kier molecular flexibility index (Phi) is 4.95. The largest absolute Gasteiger partial charge is 0.339 e. The van der Waals surface area contributed by atoms with Crippen LogP contribution in [0.3, 0.4) is 0 Å². The SMILES string of the molecule is CCN(CC(C)C#N)C1CCN(C(C)C)C1=O. The van der Waals surface area contributed by atoms with E-state index in [1.54, 1.807) is 0 Å². The Morgan fingerprint density at radius 2 is 2.18 bits per heavy atom. The quantitative estimate of drug-likeness (QED) is 0.727. The normalized spacial score (nSPS) is 22.3. The van der Waals surface area contributed by atoms with Crippen molar-refractivity contribution in [2.45, 2.75) is 46.2 Å². The van der Waals surface area contributed by atoms with Crippen LogP contribution in [0, 0.1) is 17.2 Å². The average molecular weight is 237 g/mol. The highest BCUT2D eigenvalue weighted by Gasteiger charge is 2.36. The fourth-order valence-corrected chi connectivity index (χ4v) is 2.41. The summed E-state index contributed by atoms with van der Waals surface area (Å²) in [6.07, 6.45) is 0.892. The molecule has 2 atom stereocenters. The Morgan fingerprint density at radius 3 is 2.59 bits per heavy atom. The van der Waals surface area contributed by atoms with Crippen LogP contribution >= 0.6 is 0 Å². The zero-order valence-electron chi connectivity index (χ0n) is 11.3. The maximum absolute atomic E-state index is 12.2. The molecule has 0 N–H and O–H groups in total. The van der Waals surface area contributed by atoms with E-state index in [1.807, 2.05) is 11.8 Å². The van der Waals surface area contributed by atoms with Gasteiger partial charge in [0, 0.05) is 19.1 Å². The molecule has 0 aliphatic carbocycles. The van der Waals surface area contributed by atoms with E-state index in [-0.39, 0.29) is 23.9 Å². The number of carbonyl (C=O) groups excluding carboxylic acids is 1. The standard InChI is InChI=1S/C13H23N3O/c1-5-15(9-11(4)8-14)12-6-7-16(10(2)3)13(12)17/h10-12H,5-7,9H2,1-4H3. The maximum atomic E-state index is 12.2. The second-order valence-electron chi connectivity index (χ2n) is 5.05. The summed E-state index contributed by atoms with van der Waals surface area (Å²) in [4.78, 5) is 16.3. The van der Waals surface area contributed by atoms with E-state index in [9.17, 15) is 4.79 Å². The van der Waals surface area contributed by atoms with Crippen molar-refractivity contribution in [3.8, 4) is 6.07 Å². The molecule has 0 aromatic heterocycles. The van der Waals surface area contributed by atoms with Crippen LogP contribution < -0.4 is 0 Å². The number of likely N-dealkylation sites (tertiary alicyclic amines) is 1. The minimum Gasteiger partial charge on any atom is -0.339 e. The lowest BCUT2D eigenvalue weighted by Gasteiger charge is -2.28. The van der Waals surface area contributed by atoms with E-state index in [0.717, 1.165) is 19.5 Å². The lowest BCUT2D eigenvalue weighted by Crippen LogP contribution is -2.44. The summed E-state index contributed by atoms with van der Waals surface area (Å²) in [6.45, 7) is 10.4. The highest BCUT2D eigenvalue weighted by Crippen LogP contribution is 2.20. The molecule has 0 radical (unpaired) electrons. The van der Waals surface area contributed by atoms with Crippen molar-refractivity contribution in [2.75, 3.05) is 19.6 Å². The zero-order chi connectivity index (χ0) is 13.0. The molecule has 1 amide bonds. The van der Waals surface area contributed by atoms with Gasteiger partial charge >= 0.3 is 0 Å². The molecule has 1 fully saturated rings. The van der Waals surface area contributed by atoms with Crippen LogP contribution in [0.5, 0.6) is 0 Å². The van der Waals surface area contributed by atoms with Crippen LogP contribution in [0.1, 0.15) is 34.1 Å². The highest BCUT2D eigenvalue weighted by molar-refractivity contribution is 5.84. The van der Waals surface area contributed by atoms with Gasteiger partial charge in [-0.1, -0.05) is 6.92 Å². The molecule has 1 rings (SSSR count). The smallest absolute Gasteiger partial charge is 0.240 e. The summed E-state index contributed by atoms with van der Waals surface area (Å²) in [5, 5.41) is 8.86. The first-order valence-electron chi connectivity index (χ1n) is 6.45. The number of carbonyl (C=O) groups is 1. The molecule has 96 valence electrons. The van der Waals surface area contributed by atoms with Gasteiger partial charge in [-0.3, -0.25) is 9.69 Å². The number of nitriles is 1. The van der Waals surface area contributed by atoms with E-state index in [4.69, 9.17) is 5.26 Å². The molecule has 0 saturated carbocycles. The molecule has 0 aromatic rings. The molecule has 1 aliphatic heterocycles. The molecular weight excluding hydrogens is 214 g/mol. The Hall–Kier alpha value is -1.08. The maximum Gasteiger partial charge on any atom is 0.240 e. The molecule has 4 heteroatoms. The number of nitrogens with zero attached hydrogens (tertiary/aromatic N) is 3. The third-order valence-electron chi connectivity index (χ3n) is 3.41. The molecule has 1 heterocycles. The molecule has 0 aromatic carbocycles. The third-order valence-corrected chi connectivity index (χ3v) is 3.41. The van der Waals surface area contributed by atoms with Gasteiger partial charge in [0.2, 0.25) is 5.91 Å². The third kappa shape index (κ3) is 3.19. The predicted molar refractivity (Wildman–Crippen MR) is 67.3 cm³/mol. The molecule has 17 heavy (non-hydrogen) atoms. The zero-order valence-corrected chi connectivity index (χ0v) is 11.3. The minimum absolute atomic E-state index is 0.0156. The lowest BCUT2D eigenvalue weighted by molar-refractivity contribution is -0.133. The predicted octanol–water partition coefficient (Wildman–Crippen LogP) is 1.48. The molecule has 0 bridgehead atoms. The minimum atomic E-state index is -0.0177. The number of rotatable bonds is 5. The van der Waals surface area contributed by atoms with Crippen LogP contribution in [0.25, 0.3) is 0 Å².